The van der Waals surface area contributed by atoms with Crippen molar-refractivity contribution in [2.75, 3.05) is 26.4 Å². The summed E-state index contributed by atoms with van der Waals surface area (Å²) < 4.78 is 31.8. The molecule has 0 spiro atoms. The maximum Gasteiger partial charge on any atom is 1.00 e. The summed E-state index contributed by atoms with van der Waals surface area (Å²) in [6, 6.07) is 19.6. The number of Topliss-reactive ketones (excluding diaryl/α,β-unsaturated/α-hetero) is 1. The van der Waals surface area contributed by atoms with Gasteiger partial charge in [-0.25, -0.2) is 6.08 Å². The second-order valence-corrected chi connectivity index (χ2v) is 33.5. The first-order valence-electron chi connectivity index (χ1n) is 33.4. The second-order valence-electron chi connectivity index (χ2n) is 30.8. The van der Waals surface area contributed by atoms with E-state index in [-0.39, 0.29) is 54.9 Å². The van der Waals surface area contributed by atoms with Crippen molar-refractivity contribution in [3.63, 3.8) is 0 Å². The van der Waals surface area contributed by atoms with Gasteiger partial charge < -0.3 is 29.0 Å². The average molecular weight is 1210 g/mol. The Morgan fingerprint density at radius 2 is 1.08 bits per heavy atom. The van der Waals surface area contributed by atoms with Gasteiger partial charge in [0.05, 0.1) is 42.8 Å². The van der Waals surface area contributed by atoms with Crippen molar-refractivity contribution in [2.45, 2.75) is 234 Å². The van der Waals surface area contributed by atoms with E-state index in [1.807, 2.05) is 94.5 Å². The standard InChI is InChI=1S/C30H48O2.C23H26OP.C19H32O3.C4H8O.Li.H2S/c1-20-15-21(2)22(3)25(16-20)11-10-24-9-8-14-29(6)26(24)12-13-27(29)30(7)18-23(19-32-30)17-28(4,5)31;1-18-16-19(2)20(3)21(17-18)14-15-25(24,22-10-6-4-7-11-22)23-12-8-5-9-13-23;1-17(2,21)10-13-11-19(4,22-12-13)16-8-7-14-15(20)6-5-9-18(14,16)3;1-2-4-5-3-1;;/h10-11,20-21,23,26-27,31H,3,8-9,12-19H2,1-2,4-7H3;4-15,18-19H,3,16-17H2,1-2H3;13-14,16,21H,5-12H2,1-4H3;1-4H2;;1H2/q;-1;;;+1;/b24-10+,25-11-;21-14-;;;;/t20-,21-,23+,26-,27-,29-,30-;18-,19-;13-,14+,16+,18+,19+;;;/m001.../s1. The van der Waals surface area contributed by atoms with E-state index < -0.39 is 18.3 Å². The average Bonchev–Trinajstić information content (AvgIpc) is 1.61. The predicted octanol–water partition coefficient (Wildman–Crippen LogP) is 15.0. The molecule has 0 radical (unpaired) electrons. The number of benzene rings is 2. The van der Waals surface area contributed by atoms with E-state index >= 15 is 0 Å². The molecule has 2 aromatic carbocycles. The molecule has 2 N–H and O–H groups in total. The van der Waals surface area contributed by atoms with Crippen LogP contribution in [-0.4, -0.2) is 64.8 Å². The van der Waals surface area contributed by atoms with Gasteiger partial charge in [-0.1, -0.05) is 139 Å². The van der Waals surface area contributed by atoms with E-state index in [4.69, 9.17) is 14.2 Å². The van der Waals surface area contributed by atoms with Gasteiger partial charge in [-0.3, -0.25) is 4.79 Å². The van der Waals surface area contributed by atoms with Gasteiger partial charge in [0.25, 0.3) is 0 Å². The molecule has 474 valence electrons. The van der Waals surface area contributed by atoms with Crippen LogP contribution in [0.4, 0.5) is 0 Å². The molecule has 11 rings (SSSR count). The fourth-order valence-electron chi connectivity index (χ4n) is 18.5. The molecule has 0 aromatic heterocycles. The topological polar surface area (TPSA) is 102 Å². The minimum absolute atomic E-state index is 0. The van der Waals surface area contributed by atoms with Crippen molar-refractivity contribution in [2.24, 2.45) is 70.0 Å². The van der Waals surface area contributed by atoms with E-state index in [0.717, 1.165) is 101 Å². The van der Waals surface area contributed by atoms with E-state index in [9.17, 15) is 19.6 Å². The molecule has 14 atom stereocenters. The summed E-state index contributed by atoms with van der Waals surface area (Å²) >= 11 is 0. The fraction of sp³-hybridized carbons (Fsp3) is 0.684. The minimum Gasteiger partial charge on any atom is -0.390 e. The Bertz CT molecular complexity index is 2650. The quantitative estimate of drug-likeness (QED) is 0.131. The molecule has 3 saturated heterocycles. The normalized spacial score (nSPS) is 36.8. The number of ether oxygens (including phenoxy) is 3. The molecule has 0 amide bonds. The molecule has 6 saturated carbocycles. The molecule has 86 heavy (non-hydrogen) atoms. The summed E-state index contributed by atoms with van der Waals surface area (Å²) in [7, 11) is -2.80. The van der Waals surface area contributed by atoms with Gasteiger partial charge in [0, 0.05) is 36.2 Å². The number of ketones is 1. The summed E-state index contributed by atoms with van der Waals surface area (Å²) in [5.74, 6) is 6.00. The number of carbonyl (C=O) groups excluding carboxylic acids is 1. The number of hydrogen-bond donors (Lipinski definition) is 2. The summed E-state index contributed by atoms with van der Waals surface area (Å²) in [6.07, 6.45) is 31.6. The summed E-state index contributed by atoms with van der Waals surface area (Å²) in [6.45, 7) is 38.7. The number of rotatable bonds is 11. The zero-order valence-corrected chi connectivity index (χ0v) is 58.0. The van der Waals surface area contributed by atoms with Gasteiger partial charge in [0.1, 0.15) is 5.78 Å². The molecular weight excluding hydrogens is 1090 g/mol. The summed E-state index contributed by atoms with van der Waals surface area (Å²) in [5.41, 5.74) is 6.08. The summed E-state index contributed by atoms with van der Waals surface area (Å²) in [5, 5.41) is 22.2. The zero-order chi connectivity index (χ0) is 60.9. The number of fused-ring (bicyclic) bond motifs is 2. The SMILES string of the molecule is C1CCOC1.C=C1/C(=C\C=C2/CCC[C@@]3(C)[C@H]2CC[C@@H]3[C@]2(C)C[C@@H](CC(C)(C)O)CO2)C[C@@H](C)C[C@@H]1C.C=C1/C(=C\[CH-]P(=O)(c2ccccc2)c2ccccc2)C[C@@H](C)C[C@@H]1C.CC(C)(O)C[C@H]1CO[C@](C)([C@H]2CC[C@H]3C(=O)CCC[C@@]32C)C1.S.[Li+]. The van der Waals surface area contributed by atoms with Crippen molar-refractivity contribution in [1.29, 1.82) is 0 Å². The van der Waals surface area contributed by atoms with Crippen molar-refractivity contribution in [1.82, 2.24) is 0 Å². The number of aliphatic hydroxyl groups is 2. The van der Waals surface area contributed by atoms with E-state index in [1.165, 1.54) is 92.9 Å². The first-order chi connectivity index (χ1) is 39.6. The van der Waals surface area contributed by atoms with Gasteiger partial charge in [-0.05, 0) is 226 Å². The van der Waals surface area contributed by atoms with Gasteiger partial charge >= 0.3 is 18.9 Å². The maximum absolute atomic E-state index is 14.0. The van der Waals surface area contributed by atoms with Gasteiger partial charge in [0.2, 0.25) is 0 Å². The molecular formula is C76H116LiO7PS. The molecule has 9 aliphatic rings. The Balaban J connectivity index is 0.000000199. The van der Waals surface area contributed by atoms with Gasteiger partial charge in [0.15, 0.2) is 0 Å². The molecule has 7 nitrogen and oxygen atoms in total. The van der Waals surface area contributed by atoms with E-state index in [0.29, 0.717) is 58.5 Å². The smallest absolute Gasteiger partial charge is 0.390 e. The molecule has 3 heterocycles. The Morgan fingerprint density at radius 3 is 1.55 bits per heavy atom. The third kappa shape index (κ3) is 17.6. The third-order valence-electron chi connectivity index (χ3n) is 22.3. The minimum atomic E-state index is -2.80. The largest absolute Gasteiger partial charge is 1.00 e. The van der Waals surface area contributed by atoms with Crippen LogP contribution in [0.15, 0.2) is 120 Å². The van der Waals surface area contributed by atoms with Crippen LogP contribution in [0, 0.1) is 76.2 Å². The van der Waals surface area contributed by atoms with Crippen LogP contribution in [0.5, 0.6) is 0 Å². The molecule has 6 aliphatic carbocycles. The Morgan fingerprint density at radius 1 is 0.640 bits per heavy atom. The number of allylic oxidation sites excluding steroid dienone is 8. The van der Waals surface area contributed by atoms with Crippen LogP contribution in [0.1, 0.15) is 212 Å². The van der Waals surface area contributed by atoms with Gasteiger partial charge in [-0.2, -0.15) is 25.2 Å². The van der Waals surface area contributed by atoms with Crippen LogP contribution in [-0.2, 0) is 23.6 Å². The van der Waals surface area contributed by atoms with Crippen LogP contribution < -0.4 is 29.5 Å². The van der Waals surface area contributed by atoms with Crippen LogP contribution in [0.2, 0.25) is 0 Å². The van der Waals surface area contributed by atoms with E-state index in [2.05, 4.69) is 86.8 Å². The van der Waals surface area contributed by atoms with Crippen molar-refractivity contribution < 1.29 is 52.6 Å². The molecule has 9 fully saturated rings. The first kappa shape index (κ1) is 72.7. The van der Waals surface area contributed by atoms with Crippen LogP contribution in [0.3, 0.4) is 0 Å². The molecule has 0 unspecified atom stereocenters. The maximum atomic E-state index is 14.0. The molecule has 3 aliphatic heterocycles. The predicted molar refractivity (Wildman–Crippen MR) is 360 cm³/mol. The third-order valence-corrected chi connectivity index (χ3v) is 25.0. The van der Waals surface area contributed by atoms with Crippen molar-refractivity contribution in [3.8, 4) is 0 Å². The van der Waals surface area contributed by atoms with Crippen molar-refractivity contribution in [3.05, 3.63) is 126 Å². The van der Waals surface area contributed by atoms with Crippen LogP contribution in [0.25, 0.3) is 0 Å². The Kier molecular flexibility index (Phi) is 25.7. The summed E-state index contributed by atoms with van der Waals surface area (Å²) in [4.78, 5) is 12.3. The Hall–Kier alpha value is -2.34. The van der Waals surface area contributed by atoms with Gasteiger partial charge in [-0.15, -0.1) is 12.2 Å². The second kappa shape index (κ2) is 30.4. The fourth-order valence-corrected chi connectivity index (χ4v) is 20.8. The molecule has 2 aromatic rings. The Labute approximate surface area is 542 Å². The zero-order valence-electron chi connectivity index (χ0n) is 56.1. The number of carbonyl (C=O) groups is 1. The first-order valence-corrected chi connectivity index (χ1v) is 35.2. The van der Waals surface area contributed by atoms with Crippen LogP contribution >= 0.6 is 20.6 Å². The van der Waals surface area contributed by atoms with E-state index in [1.54, 1.807) is 5.57 Å². The number of hydrogen-bond acceptors (Lipinski definition) is 7. The molecule has 0 bridgehead atoms. The van der Waals surface area contributed by atoms with Crippen molar-refractivity contribution >= 4 is 37.0 Å². The monoisotopic (exact) mass is 1210 g/mol. The molecule has 10 heteroatoms.